The number of nitrogens with zero attached hydrogens (tertiary/aromatic N) is 1. The Bertz CT molecular complexity index is 664. The molecule has 9 heteroatoms. The highest BCUT2D eigenvalue weighted by Gasteiger charge is 2.40. The Balaban J connectivity index is 1.99. The summed E-state index contributed by atoms with van der Waals surface area (Å²) in [7, 11) is 1.41. The molecule has 0 saturated carbocycles. The smallest absolute Gasteiger partial charge is 0.326 e. The molecule has 2 rings (SSSR count). The monoisotopic (exact) mass is 348 g/mol. The first-order valence-corrected chi connectivity index (χ1v) is 7.76. The van der Waals surface area contributed by atoms with Crippen LogP contribution < -0.4 is 16.0 Å². The Hall–Kier alpha value is -3.10. The van der Waals surface area contributed by atoms with E-state index in [2.05, 4.69) is 16.0 Å². The molecule has 4 N–H and O–H groups in total. The number of carbonyl (C=O) groups excluding carboxylic acids is 3. The molecule has 1 aromatic rings. The van der Waals surface area contributed by atoms with Gasteiger partial charge in [0.05, 0.1) is 6.54 Å². The molecule has 0 aliphatic carbocycles. The molecule has 4 amide bonds. The summed E-state index contributed by atoms with van der Waals surface area (Å²) >= 11 is 0. The number of nitrogens with one attached hydrogen (secondary N) is 3. The third-order valence-corrected chi connectivity index (χ3v) is 3.90. The lowest BCUT2D eigenvalue weighted by atomic mass is 10.1. The number of benzene rings is 1. The average Bonchev–Trinajstić information content (AvgIpc) is 3.04. The molecule has 1 aliphatic rings. The number of carboxylic acid groups (broad SMARTS) is 1. The fourth-order valence-electron chi connectivity index (χ4n) is 2.65. The van der Waals surface area contributed by atoms with Crippen LogP contribution in [-0.4, -0.2) is 66.0 Å². The SMILES string of the molecule is CNC(=O)NCC(=O)N1CC(NC(=O)c2ccccc2)CC1C(=O)O. The number of aliphatic carboxylic acids is 1. The molecule has 0 aromatic heterocycles. The zero-order valence-corrected chi connectivity index (χ0v) is 13.7. The third kappa shape index (κ3) is 4.69. The topological polar surface area (TPSA) is 128 Å². The summed E-state index contributed by atoms with van der Waals surface area (Å²) in [5.41, 5.74) is 0.459. The minimum Gasteiger partial charge on any atom is -0.480 e. The minimum absolute atomic E-state index is 0.0732. The van der Waals surface area contributed by atoms with Crippen LogP contribution in [0.2, 0.25) is 0 Å². The van der Waals surface area contributed by atoms with E-state index in [-0.39, 0.29) is 25.4 Å². The highest BCUT2D eigenvalue weighted by atomic mass is 16.4. The van der Waals surface area contributed by atoms with Crippen molar-refractivity contribution in [2.75, 3.05) is 20.1 Å². The number of urea groups is 1. The quantitative estimate of drug-likeness (QED) is 0.565. The number of rotatable bonds is 5. The molecule has 25 heavy (non-hydrogen) atoms. The molecule has 1 heterocycles. The maximum Gasteiger partial charge on any atom is 0.326 e. The molecule has 1 saturated heterocycles. The van der Waals surface area contributed by atoms with Crippen molar-refractivity contribution in [1.29, 1.82) is 0 Å². The van der Waals surface area contributed by atoms with Crippen LogP contribution in [0.15, 0.2) is 30.3 Å². The highest BCUT2D eigenvalue weighted by Crippen LogP contribution is 2.19. The van der Waals surface area contributed by atoms with Gasteiger partial charge in [-0.05, 0) is 12.1 Å². The van der Waals surface area contributed by atoms with Gasteiger partial charge in [-0.2, -0.15) is 0 Å². The van der Waals surface area contributed by atoms with E-state index in [9.17, 15) is 24.3 Å². The van der Waals surface area contributed by atoms with Crippen molar-refractivity contribution in [3.05, 3.63) is 35.9 Å². The third-order valence-electron chi connectivity index (χ3n) is 3.90. The predicted octanol–water partition coefficient (Wildman–Crippen LogP) is -0.600. The lowest BCUT2D eigenvalue weighted by Gasteiger charge is -2.21. The molecule has 2 atom stereocenters. The number of amides is 4. The fraction of sp³-hybridized carbons (Fsp3) is 0.375. The van der Waals surface area contributed by atoms with Crippen molar-refractivity contribution < 1.29 is 24.3 Å². The summed E-state index contributed by atoms with van der Waals surface area (Å²) in [6.07, 6.45) is 0.111. The van der Waals surface area contributed by atoms with Crippen molar-refractivity contribution in [2.24, 2.45) is 0 Å². The Morgan fingerprint density at radius 3 is 2.48 bits per heavy atom. The van der Waals surface area contributed by atoms with E-state index in [0.29, 0.717) is 5.56 Å². The molecule has 0 radical (unpaired) electrons. The van der Waals surface area contributed by atoms with Crippen molar-refractivity contribution in [2.45, 2.75) is 18.5 Å². The molecule has 2 unspecified atom stereocenters. The van der Waals surface area contributed by atoms with Crippen molar-refractivity contribution in [3.8, 4) is 0 Å². The second-order valence-electron chi connectivity index (χ2n) is 5.60. The van der Waals surface area contributed by atoms with Crippen LogP contribution in [0.3, 0.4) is 0 Å². The van der Waals surface area contributed by atoms with E-state index in [0.717, 1.165) is 4.90 Å². The van der Waals surface area contributed by atoms with Gasteiger partial charge in [0.2, 0.25) is 5.91 Å². The van der Waals surface area contributed by atoms with Gasteiger partial charge in [-0.15, -0.1) is 0 Å². The van der Waals surface area contributed by atoms with Crippen molar-refractivity contribution in [3.63, 3.8) is 0 Å². The summed E-state index contributed by atoms with van der Waals surface area (Å²) in [4.78, 5) is 48.1. The van der Waals surface area contributed by atoms with Gasteiger partial charge in [0, 0.05) is 31.6 Å². The lowest BCUT2D eigenvalue weighted by molar-refractivity contribution is -0.147. The van der Waals surface area contributed by atoms with E-state index in [1.54, 1.807) is 30.3 Å². The van der Waals surface area contributed by atoms with Crippen LogP contribution >= 0.6 is 0 Å². The van der Waals surface area contributed by atoms with Crippen LogP contribution in [0.25, 0.3) is 0 Å². The zero-order chi connectivity index (χ0) is 18.4. The van der Waals surface area contributed by atoms with Gasteiger partial charge >= 0.3 is 12.0 Å². The molecule has 134 valence electrons. The van der Waals surface area contributed by atoms with Crippen molar-refractivity contribution in [1.82, 2.24) is 20.9 Å². The molecule has 1 fully saturated rings. The van der Waals surface area contributed by atoms with E-state index in [4.69, 9.17) is 0 Å². The van der Waals surface area contributed by atoms with Gasteiger partial charge in [-0.3, -0.25) is 9.59 Å². The molecule has 0 bridgehead atoms. The van der Waals surface area contributed by atoms with Gasteiger partial charge < -0.3 is 26.0 Å². The summed E-state index contributed by atoms with van der Waals surface area (Å²) in [5, 5.41) is 16.7. The van der Waals surface area contributed by atoms with Gasteiger partial charge in [0.15, 0.2) is 0 Å². The van der Waals surface area contributed by atoms with Crippen LogP contribution in [0.4, 0.5) is 4.79 Å². The Kier molecular flexibility index (Phi) is 5.93. The average molecular weight is 348 g/mol. The summed E-state index contributed by atoms with van der Waals surface area (Å²) < 4.78 is 0. The molecular weight excluding hydrogens is 328 g/mol. The van der Waals surface area contributed by atoms with E-state index in [1.165, 1.54) is 7.05 Å². The standard InChI is InChI=1S/C16H20N4O5/c1-17-16(25)18-8-13(21)20-9-11(7-12(20)15(23)24)19-14(22)10-5-3-2-4-6-10/h2-6,11-12H,7-9H2,1H3,(H,19,22)(H,23,24)(H2,17,18,25). The first kappa shape index (κ1) is 18.2. The number of hydrogen-bond acceptors (Lipinski definition) is 4. The first-order chi connectivity index (χ1) is 11.9. The second-order valence-corrected chi connectivity index (χ2v) is 5.60. The van der Waals surface area contributed by atoms with E-state index >= 15 is 0 Å². The maximum atomic E-state index is 12.2. The Morgan fingerprint density at radius 2 is 1.88 bits per heavy atom. The number of carbonyl (C=O) groups is 4. The fourth-order valence-corrected chi connectivity index (χ4v) is 2.65. The molecular formula is C16H20N4O5. The molecule has 9 nitrogen and oxygen atoms in total. The van der Waals surface area contributed by atoms with E-state index < -0.39 is 30.0 Å². The normalized spacial score (nSPS) is 19.2. The molecule has 1 aromatic carbocycles. The number of carboxylic acids is 1. The first-order valence-electron chi connectivity index (χ1n) is 7.76. The van der Waals surface area contributed by atoms with Gasteiger partial charge in [0.1, 0.15) is 6.04 Å². The Morgan fingerprint density at radius 1 is 1.20 bits per heavy atom. The minimum atomic E-state index is -1.15. The zero-order valence-electron chi connectivity index (χ0n) is 13.7. The van der Waals surface area contributed by atoms with Crippen molar-refractivity contribution >= 4 is 23.8 Å². The molecule has 1 aliphatic heterocycles. The highest BCUT2D eigenvalue weighted by molar-refractivity contribution is 5.94. The summed E-state index contributed by atoms with van der Waals surface area (Å²) in [6.45, 7) is -0.243. The predicted molar refractivity (Wildman–Crippen MR) is 87.9 cm³/mol. The van der Waals surface area contributed by atoms with Crippen LogP contribution in [0, 0.1) is 0 Å². The van der Waals surface area contributed by atoms with Crippen LogP contribution in [0.5, 0.6) is 0 Å². The van der Waals surface area contributed by atoms with Gasteiger partial charge in [-0.25, -0.2) is 9.59 Å². The lowest BCUT2D eigenvalue weighted by Crippen LogP contribution is -2.47. The largest absolute Gasteiger partial charge is 0.480 e. The summed E-state index contributed by atoms with van der Waals surface area (Å²) in [5.74, 6) is -2.00. The Labute approximate surface area is 144 Å². The van der Waals surface area contributed by atoms with Crippen LogP contribution in [0.1, 0.15) is 16.8 Å². The number of hydrogen-bond donors (Lipinski definition) is 4. The van der Waals surface area contributed by atoms with E-state index in [1.807, 2.05) is 0 Å². The summed E-state index contributed by atoms with van der Waals surface area (Å²) in [6, 6.07) is 6.48. The van der Waals surface area contributed by atoms with Crippen LogP contribution in [-0.2, 0) is 9.59 Å². The second kappa shape index (κ2) is 8.13. The maximum absolute atomic E-state index is 12.2. The molecule has 0 spiro atoms. The van der Waals surface area contributed by atoms with Gasteiger partial charge in [0.25, 0.3) is 5.91 Å². The number of likely N-dealkylation sites (tertiary alicyclic amines) is 1. The van der Waals surface area contributed by atoms with Gasteiger partial charge in [-0.1, -0.05) is 18.2 Å².